The molecule has 0 fully saturated rings. The molecule has 0 aliphatic carbocycles. The van der Waals surface area contributed by atoms with Crippen molar-refractivity contribution < 1.29 is 0 Å². The van der Waals surface area contributed by atoms with Crippen LogP contribution < -0.4 is 0 Å². The molecule has 0 N–H and O–H groups in total. The van der Waals surface area contributed by atoms with E-state index in [4.69, 9.17) is 15.0 Å². The largest absolute Gasteiger partial charge is 0.308 e. The van der Waals surface area contributed by atoms with Crippen molar-refractivity contribution in [3.63, 3.8) is 0 Å². The van der Waals surface area contributed by atoms with Crippen molar-refractivity contribution in [3.8, 4) is 73.1 Å². The monoisotopic (exact) mass is 752 g/mol. The average molecular weight is 753 g/mol. The molecular formula is C55H36N4. The molecule has 0 aliphatic rings. The molecule has 59 heavy (non-hydrogen) atoms. The third kappa shape index (κ3) is 6.24. The SMILES string of the molecule is c1ccc(-c2ccc(-c3cc(-c4ccc(-c5ccccc5)cc4)nc(-c4cccc(-n5c6ccccc6c6c(-c7ccccc7)nc7ccccc7c65)c4)n3)cc2)cc1. The summed E-state index contributed by atoms with van der Waals surface area (Å²) < 4.78 is 2.39. The lowest BCUT2D eigenvalue weighted by Crippen LogP contribution is -1.99. The number of fused-ring (bicyclic) bond motifs is 5. The van der Waals surface area contributed by atoms with Crippen LogP contribution in [-0.2, 0) is 0 Å². The molecule has 8 aromatic carbocycles. The number of hydrogen-bond donors (Lipinski definition) is 0. The number of benzene rings is 8. The van der Waals surface area contributed by atoms with E-state index in [2.05, 4.69) is 211 Å². The Hall–Kier alpha value is -7.95. The first-order valence-corrected chi connectivity index (χ1v) is 19.9. The highest BCUT2D eigenvalue weighted by atomic mass is 15.0. The Labute approximate surface area is 342 Å². The zero-order valence-corrected chi connectivity index (χ0v) is 32.1. The highest BCUT2D eigenvalue weighted by Gasteiger charge is 2.21. The highest BCUT2D eigenvalue weighted by Crippen LogP contribution is 2.41. The Balaban J connectivity index is 1.10. The molecule has 3 aromatic heterocycles. The summed E-state index contributed by atoms with van der Waals surface area (Å²) in [5.74, 6) is 0.663. The summed E-state index contributed by atoms with van der Waals surface area (Å²) in [7, 11) is 0. The van der Waals surface area contributed by atoms with E-state index in [0.717, 1.165) is 88.9 Å². The molecule has 0 saturated carbocycles. The number of pyridine rings is 1. The van der Waals surface area contributed by atoms with Gasteiger partial charge in [0.2, 0.25) is 0 Å². The number of para-hydroxylation sites is 2. The molecule has 0 radical (unpaired) electrons. The topological polar surface area (TPSA) is 43.6 Å². The molecule has 3 heterocycles. The maximum atomic E-state index is 5.29. The zero-order chi connectivity index (χ0) is 39.1. The quantitative estimate of drug-likeness (QED) is 0.163. The normalized spacial score (nSPS) is 11.4. The summed E-state index contributed by atoms with van der Waals surface area (Å²) in [6.45, 7) is 0. The van der Waals surface area contributed by atoms with Gasteiger partial charge >= 0.3 is 0 Å². The minimum atomic E-state index is 0.663. The average Bonchev–Trinajstić information content (AvgIpc) is 3.68. The summed E-state index contributed by atoms with van der Waals surface area (Å²) in [5, 5.41) is 3.39. The van der Waals surface area contributed by atoms with E-state index >= 15 is 0 Å². The van der Waals surface area contributed by atoms with Crippen LogP contribution in [0.4, 0.5) is 0 Å². The van der Waals surface area contributed by atoms with Crippen molar-refractivity contribution in [1.29, 1.82) is 0 Å². The number of hydrogen-bond acceptors (Lipinski definition) is 3. The molecule has 0 atom stereocenters. The molecule has 4 nitrogen and oxygen atoms in total. The number of rotatable bonds is 7. The van der Waals surface area contributed by atoms with E-state index < -0.39 is 0 Å². The summed E-state index contributed by atoms with van der Waals surface area (Å²) in [4.78, 5) is 15.9. The Kier molecular flexibility index (Phi) is 8.45. The van der Waals surface area contributed by atoms with E-state index in [9.17, 15) is 0 Å². The third-order valence-electron chi connectivity index (χ3n) is 11.2. The van der Waals surface area contributed by atoms with Gasteiger partial charge in [-0.3, -0.25) is 0 Å². The molecule has 0 unspecified atom stereocenters. The highest BCUT2D eigenvalue weighted by molar-refractivity contribution is 6.22. The summed E-state index contributed by atoms with van der Waals surface area (Å²) in [6, 6.07) is 76.7. The van der Waals surface area contributed by atoms with E-state index in [-0.39, 0.29) is 0 Å². The lowest BCUT2D eigenvalue weighted by molar-refractivity contribution is 1.16. The van der Waals surface area contributed by atoms with Crippen LogP contribution in [0.25, 0.3) is 106 Å². The Morgan fingerprint density at radius 2 is 0.797 bits per heavy atom. The minimum Gasteiger partial charge on any atom is -0.308 e. The van der Waals surface area contributed by atoms with Crippen LogP contribution in [0.2, 0.25) is 0 Å². The van der Waals surface area contributed by atoms with Gasteiger partial charge in [-0.2, -0.15) is 0 Å². The molecule has 0 saturated heterocycles. The predicted molar refractivity (Wildman–Crippen MR) is 244 cm³/mol. The molecule has 11 rings (SSSR count). The van der Waals surface area contributed by atoms with E-state index in [1.807, 2.05) is 12.1 Å². The second kappa shape index (κ2) is 14.5. The summed E-state index contributed by atoms with van der Waals surface area (Å²) in [5.41, 5.74) is 15.7. The van der Waals surface area contributed by atoms with Crippen LogP contribution in [0.15, 0.2) is 218 Å². The fraction of sp³-hybridized carbons (Fsp3) is 0. The second-order valence-corrected chi connectivity index (χ2v) is 14.8. The van der Waals surface area contributed by atoms with Crippen LogP contribution in [-0.4, -0.2) is 19.5 Å². The van der Waals surface area contributed by atoms with E-state index in [1.165, 1.54) is 11.1 Å². The first-order valence-electron chi connectivity index (χ1n) is 19.9. The van der Waals surface area contributed by atoms with Gasteiger partial charge in [-0.15, -0.1) is 0 Å². The van der Waals surface area contributed by atoms with Gasteiger partial charge in [0.15, 0.2) is 5.82 Å². The summed E-state index contributed by atoms with van der Waals surface area (Å²) in [6.07, 6.45) is 0. The number of aromatic nitrogens is 4. The Morgan fingerprint density at radius 1 is 0.322 bits per heavy atom. The van der Waals surface area contributed by atoms with Crippen LogP contribution in [0.1, 0.15) is 0 Å². The van der Waals surface area contributed by atoms with Gasteiger partial charge in [0, 0.05) is 44.1 Å². The predicted octanol–water partition coefficient (Wildman–Crippen LogP) is 14.1. The van der Waals surface area contributed by atoms with Crippen LogP contribution in [0, 0.1) is 0 Å². The fourth-order valence-corrected chi connectivity index (χ4v) is 8.34. The molecule has 11 aromatic rings. The van der Waals surface area contributed by atoms with E-state index in [1.54, 1.807) is 0 Å². The van der Waals surface area contributed by atoms with Gasteiger partial charge in [0.05, 0.1) is 33.6 Å². The Bertz CT molecular complexity index is 3180. The van der Waals surface area contributed by atoms with Gasteiger partial charge in [-0.1, -0.05) is 188 Å². The van der Waals surface area contributed by atoms with Gasteiger partial charge in [0.1, 0.15) is 0 Å². The number of nitrogens with zero attached hydrogens (tertiary/aromatic N) is 4. The van der Waals surface area contributed by atoms with Gasteiger partial charge in [-0.05, 0) is 52.6 Å². The van der Waals surface area contributed by atoms with Crippen molar-refractivity contribution in [2.75, 3.05) is 0 Å². The van der Waals surface area contributed by atoms with Crippen molar-refractivity contribution in [1.82, 2.24) is 19.5 Å². The molecule has 4 heteroatoms. The minimum absolute atomic E-state index is 0.663. The first-order chi connectivity index (χ1) is 29.2. The third-order valence-corrected chi connectivity index (χ3v) is 11.2. The maximum absolute atomic E-state index is 5.29. The van der Waals surface area contributed by atoms with Crippen molar-refractivity contribution in [2.45, 2.75) is 0 Å². The standard InChI is InChI=1S/C55H36N4/c1-4-15-37(16-5-1)39-27-31-41(32-28-39)49-36-50(42-33-29-40(30-34-42)38-17-6-2-7-18-38)58-55(57-49)44-21-14-22-45(35-44)59-51-26-13-11-24-47(51)52-53(43-19-8-3-9-20-43)56-48-25-12-10-23-46(48)54(52)59/h1-36H. The van der Waals surface area contributed by atoms with Crippen molar-refractivity contribution in [3.05, 3.63) is 218 Å². The second-order valence-electron chi connectivity index (χ2n) is 14.8. The molecule has 0 bridgehead atoms. The lowest BCUT2D eigenvalue weighted by atomic mass is 10.0. The molecule has 276 valence electrons. The van der Waals surface area contributed by atoms with E-state index in [0.29, 0.717) is 5.82 Å². The molecule has 0 spiro atoms. The van der Waals surface area contributed by atoms with Gasteiger partial charge in [-0.25, -0.2) is 15.0 Å². The molecule has 0 amide bonds. The Morgan fingerprint density at radius 3 is 1.41 bits per heavy atom. The zero-order valence-electron chi connectivity index (χ0n) is 32.1. The van der Waals surface area contributed by atoms with Gasteiger partial charge in [0.25, 0.3) is 0 Å². The van der Waals surface area contributed by atoms with Crippen LogP contribution in [0.5, 0.6) is 0 Å². The smallest absolute Gasteiger partial charge is 0.160 e. The van der Waals surface area contributed by atoms with Crippen LogP contribution in [0.3, 0.4) is 0 Å². The first kappa shape index (κ1) is 34.3. The fourth-order valence-electron chi connectivity index (χ4n) is 8.34. The molecular weight excluding hydrogens is 717 g/mol. The van der Waals surface area contributed by atoms with Gasteiger partial charge < -0.3 is 4.57 Å². The van der Waals surface area contributed by atoms with Crippen molar-refractivity contribution in [2.24, 2.45) is 0 Å². The van der Waals surface area contributed by atoms with Crippen molar-refractivity contribution >= 4 is 32.7 Å². The molecule has 0 aliphatic heterocycles. The van der Waals surface area contributed by atoms with Crippen LogP contribution >= 0.6 is 0 Å². The summed E-state index contributed by atoms with van der Waals surface area (Å²) >= 11 is 0. The maximum Gasteiger partial charge on any atom is 0.160 e. The lowest BCUT2D eigenvalue weighted by Gasteiger charge is -2.14.